The van der Waals surface area contributed by atoms with Crippen LogP contribution in [-0.2, 0) is 35.2 Å². The number of nitrogens with zero attached hydrogens (tertiary/aromatic N) is 1. The highest BCUT2D eigenvalue weighted by atomic mass is 16.4. The molecule has 1 heterocycles. The molecule has 0 radical (unpaired) electrons. The molecule has 6 atom stereocenters. The Kier molecular flexibility index (Phi) is 12.9. The van der Waals surface area contributed by atoms with Gasteiger partial charge in [-0.15, -0.1) is 0 Å². The second-order valence-electron chi connectivity index (χ2n) is 11.3. The lowest BCUT2D eigenvalue weighted by atomic mass is 9.96. The maximum Gasteiger partial charge on any atom is 0.326 e. The first-order valence-corrected chi connectivity index (χ1v) is 14.4. The number of nitrogens with two attached hydrogens (primary N) is 2. The maximum absolute atomic E-state index is 13.5. The summed E-state index contributed by atoms with van der Waals surface area (Å²) in [5.74, 6) is -5.23. The fourth-order valence-electron chi connectivity index (χ4n) is 4.85. The Labute approximate surface area is 250 Å². The SMILES string of the molecule is CC[C@H](C)[C@H](NC(=O)[C@@H]1CCCN1C(=O)[C@@H](NC(=O)[C@@H](N)CC(N)=O)C(C)C)C(=O)N[C@@H](Cc1ccc(O)cc1)C(=O)O. The average molecular weight is 605 g/mol. The van der Waals surface area contributed by atoms with Gasteiger partial charge in [-0.05, 0) is 42.4 Å². The zero-order chi connectivity index (χ0) is 32.4. The van der Waals surface area contributed by atoms with Crippen molar-refractivity contribution in [2.24, 2.45) is 23.3 Å². The van der Waals surface area contributed by atoms with E-state index in [1.807, 2.05) is 6.92 Å². The molecule has 1 aromatic carbocycles. The van der Waals surface area contributed by atoms with Crippen LogP contribution in [0, 0.1) is 11.8 Å². The fraction of sp³-hybridized carbons (Fsp3) is 0.586. The molecule has 0 saturated carbocycles. The lowest BCUT2D eigenvalue weighted by molar-refractivity contribution is -0.144. The van der Waals surface area contributed by atoms with Crippen molar-refractivity contribution in [1.82, 2.24) is 20.9 Å². The van der Waals surface area contributed by atoms with Crippen molar-refractivity contribution in [2.45, 2.75) is 90.0 Å². The maximum atomic E-state index is 13.5. The monoisotopic (exact) mass is 604 g/mol. The molecule has 1 saturated heterocycles. The normalized spacial score (nSPS) is 18.2. The molecule has 0 aliphatic carbocycles. The highest BCUT2D eigenvalue weighted by molar-refractivity contribution is 5.96. The Morgan fingerprint density at radius 2 is 1.60 bits per heavy atom. The Morgan fingerprint density at radius 3 is 2.14 bits per heavy atom. The van der Waals surface area contributed by atoms with Crippen LogP contribution < -0.4 is 27.4 Å². The molecule has 1 fully saturated rings. The van der Waals surface area contributed by atoms with Gasteiger partial charge in [0, 0.05) is 13.0 Å². The van der Waals surface area contributed by atoms with Crippen molar-refractivity contribution in [3.05, 3.63) is 29.8 Å². The molecular weight excluding hydrogens is 560 g/mol. The summed E-state index contributed by atoms with van der Waals surface area (Å²) >= 11 is 0. The molecule has 0 aromatic heterocycles. The summed E-state index contributed by atoms with van der Waals surface area (Å²) < 4.78 is 0. The van der Waals surface area contributed by atoms with Crippen molar-refractivity contribution in [2.75, 3.05) is 6.54 Å². The third-order valence-corrected chi connectivity index (χ3v) is 7.61. The summed E-state index contributed by atoms with van der Waals surface area (Å²) in [6, 6.07) is 0.384. The second kappa shape index (κ2) is 15.9. The van der Waals surface area contributed by atoms with E-state index in [9.17, 15) is 39.0 Å². The van der Waals surface area contributed by atoms with Crippen LogP contribution in [0.2, 0.25) is 0 Å². The molecule has 14 heteroatoms. The number of carboxylic acid groups (broad SMARTS) is 1. The lowest BCUT2D eigenvalue weighted by Gasteiger charge is -2.32. The molecule has 0 spiro atoms. The summed E-state index contributed by atoms with van der Waals surface area (Å²) in [6.45, 7) is 7.25. The van der Waals surface area contributed by atoms with E-state index >= 15 is 0 Å². The number of rotatable bonds is 15. The quantitative estimate of drug-likeness (QED) is 0.135. The van der Waals surface area contributed by atoms with Crippen LogP contribution in [0.15, 0.2) is 24.3 Å². The van der Waals surface area contributed by atoms with E-state index in [-0.39, 0.29) is 30.6 Å². The lowest BCUT2D eigenvalue weighted by Crippen LogP contribution is -2.60. The van der Waals surface area contributed by atoms with Crippen LogP contribution in [0.1, 0.15) is 58.9 Å². The van der Waals surface area contributed by atoms with Gasteiger partial charge in [-0.25, -0.2) is 4.79 Å². The molecule has 1 aliphatic heterocycles. The first-order chi connectivity index (χ1) is 20.2. The van der Waals surface area contributed by atoms with Gasteiger partial charge in [-0.2, -0.15) is 0 Å². The van der Waals surface area contributed by atoms with E-state index in [0.29, 0.717) is 24.8 Å². The number of phenolic OH excluding ortho intramolecular Hbond substituents is 1. The molecule has 0 unspecified atom stereocenters. The molecule has 0 bridgehead atoms. The smallest absolute Gasteiger partial charge is 0.326 e. The summed E-state index contributed by atoms with van der Waals surface area (Å²) in [5.41, 5.74) is 11.4. The Balaban J connectivity index is 2.18. The number of hydrogen-bond acceptors (Lipinski definition) is 8. The van der Waals surface area contributed by atoms with Gasteiger partial charge in [0.05, 0.1) is 12.5 Å². The van der Waals surface area contributed by atoms with Crippen LogP contribution in [0.3, 0.4) is 0 Å². The summed E-state index contributed by atoms with van der Waals surface area (Å²) in [4.78, 5) is 77.4. The molecule has 1 aromatic rings. The van der Waals surface area contributed by atoms with E-state index in [1.54, 1.807) is 32.9 Å². The zero-order valence-electron chi connectivity index (χ0n) is 25.0. The van der Waals surface area contributed by atoms with Crippen molar-refractivity contribution in [3.8, 4) is 5.75 Å². The summed E-state index contributed by atoms with van der Waals surface area (Å²) in [7, 11) is 0. The number of carbonyl (C=O) groups is 6. The number of hydrogen-bond donors (Lipinski definition) is 7. The molecule has 43 heavy (non-hydrogen) atoms. The van der Waals surface area contributed by atoms with Crippen LogP contribution in [0.25, 0.3) is 0 Å². The van der Waals surface area contributed by atoms with Crippen molar-refractivity contribution < 1.29 is 39.0 Å². The topological polar surface area (TPSA) is 234 Å². The number of carbonyl (C=O) groups excluding carboxylic acids is 5. The minimum atomic E-state index is -1.29. The Hall–Kier alpha value is -4.20. The van der Waals surface area contributed by atoms with E-state index in [2.05, 4.69) is 16.0 Å². The summed E-state index contributed by atoms with van der Waals surface area (Å²) in [6.07, 6.45) is 0.895. The number of aliphatic carboxylic acids is 1. The third kappa shape index (κ3) is 9.94. The predicted octanol–water partition coefficient (Wildman–Crippen LogP) is -0.630. The van der Waals surface area contributed by atoms with Crippen molar-refractivity contribution >= 4 is 35.5 Å². The average Bonchev–Trinajstić information content (AvgIpc) is 3.44. The number of amides is 5. The van der Waals surface area contributed by atoms with Gasteiger partial charge >= 0.3 is 5.97 Å². The first kappa shape index (κ1) is 35.0. The standard InChI is InChI=1S/C29H44N6O8/c1-5-16(4)24(27(40)32-20(29(42)43)13-17-8-10-18(36)11-9-17)34-26(39)21-7-6-12-35(21)28(41)23(15(2)3)33-25(38)19(30)14-22(31)37/h8-11,15-16,19-21,23-24,36H,5-7,12-14,30H2,1-4H3,(H2,31,37)(H,32,40)(H,33,38)(H,34,39)(H,42,43)/t16-,19-,20-,21-,23-,24-/m0/s1. The fourth-order valence-corrected chi connectivity index (χ4v) is 4.85. The minimum absolute atomic E-state index is 0.0207. The number of likely N-dealkylation sites (tertiary alicyclic amines) is 1. The first-order valence-electron chi connectivity index (χ1n) is 14.4. The zero-order valence-corrected chi connectivity index (χ0v) is 25.0. The number of benzene rings is 1. The van der Waals surface area contributed by atoms with E-state index in [0.717, 1.165) is 0 Å². The number of nitrogens with one attached hydrogen (secondary N) is 3. The molecule has 238 valence electrons. The number of aromatic hydroxyl groups is 1. The second-order valence-corrected chi connectivity index (χ2v) is 11.3. The van der Waals surface area contributed by atoms with Crippen LogP contribution in [0.5, 0.6) is 5.75 Å². The molecule has 2 rings (SSSR count). The van der Waals surface area contributed by atoms with Crippen molar-refractivity contribution in [1.29, 1.82) is 0 Å². The van der Waals surface area contributed by atoms with E-state index in [4.69, 9.17) is 11.5 Å². The van der Waals surface area contributed by atoms with Gasteiger partial charge in [0.25, 0.3) is 0 Å². The van der Waals surface area contributed by atoms with Crippen molar-refractivity contribution in [3.63, 3.8) is 0 Å². The van der Waals surface area contributed by atoms with E-state index < -0.39 is 72.1 Å². The molecule has 9 N–H and O–H groups in total. The Morgan fingerprint density at radius 1 is 0.977 bits per heavy atom. The Bertz CT molecular complexity index is 1170. The van der Waals surface area contributed by atoms with Gasteiger partial charge in [-0.3, -0.25) is 24.0 Å². The predicted molar refractivity (Wildman–Crippen MR) is 156 cm³/mol. The molecule has 14 nitrogen and oxygen atoms in total. The van der Waals surface area contributed by atoms with Crippen LogP contribution in [-0.4, -0.2) is 87.4 Å². The number of primary amides is 1. The van der Waals surface area contributed by atoms with Gasteiger partial charge in [0.15, 0.2) is 0 Å². The van der Waals surface area contributed by atoms with E-state index in [1.165, 1.54) is 17.0 Å². The van der Waals surface area contributed by atoms with Gasteiger partial charge in [0.1, 0.15) is 29.9 Å². The summed E-state index contributed by atoms with van der Waals surface area (Å²) in [5, 5.41) is 27.1. The third-order valence-electron chi connectivity index (χ3n) is 7.61. The molecule has 1 aliphatic rings. The van der Waals surface area contributed by atoms with Gasteiger partial charge in [-0.1, -0.05) is 46.2 Å². The molecule has 5 amide bonds. The van der Waals surface area contributed by atoms with Crippen LogP contribution >= 0.6 is 0 Å². The van der Waals surface area contributed by atoms with Crippen LogP contribution in [0.4, 0.5) is 0 Å². The highest BCUT2D eigenvalue weighted by Crippen LogP contribution is 2.22. The number of phenols is 1. The largest absolute Gasteiger partial charge is 0.508 e. The number of carboxylic acids is 1. The highest BCUT2D eigenvalue weighted by Gasteiger charge is 2.41. The van der Waals surface area contributed by atoms with Gasteiger partial charge < -0.3 is 42.5 Å². The molecular formula is C29H44N6O8. The van der Waals surface area contributed by atoms with Gasteiger partial charge in [0.2, 0.25) is 29.5 Å². The minimum Gasteiger partial charge on any atom is -0.508 e.